The number of piperidine rings is 1. The lowest BCUT2D eigenvalue weighted by Gasteiger charge is -2.42. The van der Waals surface area contributed by atoms with Crippen LogP contribution in [0.25, 0.3) is 0 Å². The van der Waals surface area contributed by atoms with E-state index >= 15 is 0 Å². The maximum absolute atomic E-state index is 5.98. The third-order valence-electron chi connectivity index (χ3n) is 5.38. The summed E-state index contributed by atoms with van der Waals surface area (Å²) in [6.45, 7) is 3.50. The SMILES string of the molecule is Clc1ccc(CN2CC[C@H]3c4ccccc4CC[C@H]3C2)cc1. The fourth-order valence-corrected chi connectivity index (χ4v) is 4.39. The summed E-state index contributed by atoms with van der Waals surface area (Å²) in [7, 11) is 0. The molecular weight excluding hydrogens is 290 g/mol. The topological polar surface area (TPSA) is 3.24 Å². The Morgan fingerprint density at radius 2 is 1.82 bits per heavy atom. The summed E-state index contributed by atoms with van der Waals surface area (Å²) in [6.07, 6.45) is 3.90. The van der Waals surface area contributed by atoms with E-state index in [1.165, 1.54) is 37.9 Å². The number of fused-ring (bicyclic) bond motifs is 3. The van der Waals surface area contributed by atoms with Gasteiger partial charge in [-0.2, -0.15) is 0 Å². The standard InChI is InChI=1S/C20H22ClN/c21-18-9-5-15(6-10-18)13-22-12-11-20-17(14-22)8-7-16-3-1-2-4-19(16)20/h1-6,9-10,17,20H,7-8,11-14H2/t17-,20+/m0/s1. The highest BCUT2D eigenvalue weighted by Gasteiger charge is 2.33. The molecule has 2 atom stereocenters. The van der Waals surface area contributed by atoms with E-state index in [0.717, 1.165) is 23.4 Å². The number of nitrogens with zero attached hydrogens (tertiary/aromatic N) is 1. The van der Waals surface area contributed by atoms with Crippen molar-refractivity contribution in [3.63, 3.8) is 0 Å². The Balaban J connectivity index is 1.46. The summed E-state index contributed by atoms with van der Waals surface area (Å²) in [5.74, 6) is 1.61. The zero-order valence-corrected chi connectivity index (χ0v) is 13.6. The molecule has 4 rings (SSSR count). The van der Waals surface area contributed by atoms with Crippen molar-refractivity contribution in [3.8, 4) is 0 Å². The van der Waals surface area contributed by atoms with Crippen molar-refractivity contribution in [2.45, 2.75) is 31.7 Å². The van der Waals surface area contributed by atoms with Crippen LogP contribution in [0.5, 0.6) is 0 Å². The first-order valence-electron chi connectivity index (χ1n) is 8.34. The molecule has 1 saturated heterocycles. The molecule has 0 unspecified atom stereocenters. The molecule has 22 heavy (non-hydrogen) atoms. The molecular formula is C20H22ClN. The summed E-state index contributed by atoms with van der Waals surface area (Å²) >= 11 is 5.98. The number of hydrogen-bond acceptors (Lipinski definition) is 1. The largest absolute Gasteiger partial charge is 0.299 e. The number of rotatable bonds is 2. The van der Waals surface area contributed by atoms with Crippen LogP contribution in [0, 0.1) is 5.92 Å². The van der Waals surface area contributed by atoms with Gasteiger partial charge in [0.1, 0.15) is 0 Å². The number of likely N-dealkylation sites (tertiary alicyclic amines) is 1. The maximum atomic E-state index is 5.98. The average Bonchev–Trinajstić information content (AvgIpc) is 2.57. The van der Waals surface area contributed by atoms with Crippen LogP contribution in [0.15, 0.2) is 48.5 Å². The molecule has 1 aliphatic heterocycles. The van der Waals surface area contributed by atoms with Crippen molar-refractivity contribution in [2.75, 3.05) is 13.1 Å². The molecule has 0 spiro atoms. The number of benzene rings is 2. The lowest BCUT2D eigenvalue weighted by atomic mass is 9.71. The first-order chi connectivity index (χ1) is 10.8. The van der Waals surface area contributed by atoms with E-state index < -0.39 is 0 Å². The summed E-state index contributed by atoms with van der Waals surface area (Å²) in [6, 6.07) is 17.4. The van der Waals surface area contributed by atoms with Gasteiger partial charge in [-0.1, -0.05) is 48.0 Å². The predicted octanol–water partition coefficient (Wildman–Crippen LogP) is 4.89. The second kappa shape index (κ2) is 6.06. The van der Waals surface area contributed by atoms with Crippen LogP contribution < -0.4 is 0 Å². The molecule has 0 amide bonds. The molecule has 0 bridgehead atoms. The van der Waals surface area contributed by atoms with E-state index in [1.54, 1.807) is 11.1 Å². The highest BCUT2D eigenvalue weighted by atomic mass is 35.5. The highest BCUT2D eigenvalue weighted by molar-refractivity contribution is 6.30. The van der Waals surface area contributed by atoms with Gasteiger partial charge in [0.15, 0.2) is 0 Å². The Kier molecular flexibility index (Phi) is 3.94. The summed E-state index contributed by atoms with van der Waals surface area (Å²) < 4.78 is 0. The lowest BCUT2D eigenvalue weighted by Crippen LogP contribution is -2.40. The monoisotopic (exact) mass is 311 g/mol. The number of halogens is 1. The van der Waals surface area contributed by atoms with Crippen molar-refractivity contribution >= 4 is 11.6 Å². The molecule has 1 aliphatic carbocycles. The zero-order chi connectivity index (χ0) is 14.9. The third kappa shape index (κ3) is 2.80. The van der Waals surface area contributed by atoms with Gasteiger partial charge < -0.3 is 0 Å². The average molecular weight is 312 g/mol. The molecule has 0 radical (unpaired) electrons. The second-order valence-corrected chi connectivity index (χ2v) is 7.19. The maximum Gasteiger partial charge on any atom is 0.0406 e. The Labute approximate surface area is 137 Å². The minimum absolute atomic E-state index is 0.784. The van der Waals surface area contributed by atoms with E-state index in [2.05, 4.69) is 41.3 Å². The van der Waals surface area contributed by atoms with Gasteiger partial charge in [-0.15, -0.1) is 0 Å². The van der Waals surface area contributed by atoms with E-state index in [-0.39, 0.29) is 0 Å². The van der Waals surface area contributed by atoms with Crippen LogP contribution in [-0.2, 0) is 13.0 Å². The Hall–Kier alpha value is -1.31. The van der Waals surface area contributed by atoms with E-state index in [9.17, 15) is 0 Å². The van der Waals surface area contributed by atoms with E-state index in [4.69, 9.17) is 11.6 Å². The molecule has 0 saturated carbocycles. The molecule has 0 aromatic heterocycles. The quantitative estimate of drug-likeness (QED) is 0.763. The normalized spacial score (nSPS) is 24.6. The van der Waals surface area contributed by atoms with Crippen LogP contribution >= 0.6 is 11.6 Å². The number of aryl methyl sites for hydroxylation is 1. The molecule has 114 valence electrons. The van der Waals surface area contributed by atoms with Crippen LogP contribution in [0.1, 0.15) is 35.4 Å². The van der Waals surface area contributed by atoms with Gasteiger partial charge in [-0.25, -0.2) is 0 Å². The first kappa shape index (κ1) is 14.3. The van der Waals surface area contributed by atoms with E-state index in [1.807, 2.05) is 12.1 Å². The van der Waals surface area contributed by atoms with Gasteiger partial charge in [0.05, 0.1) is 0 Å². The second-order valence-electron chi connectivity index (χ2n) is 6.75. The molecule has 2 aliphatic rings. The van der Waals surface area contributed by atoms with Crippen LogP contribution in [0.4, 0.5) is 0 Å². The molecule has 0 N–H and O–H groups in total. The Morgan fingerprint density at radius 1 is 1.00 bits per heavy atom. The molecule has 1 heterocycles. The van der Waals surface area contributed by atoms with Gasteiger partial charge in [-0.3, -0.25) is 4.90 Å². The molecule has 1 fully saturated rings. The Morgan fingerprint density at radius 3 is 2.68 bits per heavy atom. The van der Waals surface area contributed by atoms with Crippen LogP contribution in [-0.4, -0.2) is 18.0 Å². The molecule has 2 heteroatoms. The van der Waals surface area contributed by atoms with Crippen molar-refractivity contribution in [2.24, 2.45) is 5.92 Å². The lowest BCUT2D eigenvalue weighted by molar-refractivity contribution is 0.135. The summed E-state index contributed by atoms with van der Waals surface area (Å²) in [5.41, 5.74) is 4.60. The smallest absolute Gasteiger partial charge is 0.0406 e. The van der Waals surface area contributed by atoms with Crippen LogP contribution in [0.3, 0.4) is 0 Å². The van der Waals surface area contributed by atoms with Crippen molar-refractivity contribution in [3.05, 3.63) is 70.2 Å². The zero-order valence-electron chi connectivity index (χ0n) is 12.8. The van der Waals surface area contributed by atoms with E-state index in [0.29, 0.717) is 0 Å². The molecule has 2 aromatic carbocycles. The summed E-state index contributed by atoms with van der Waals surface area (Å²) in [4.78, 5) is 2.62. The van der Waals surface area contributed by atoms with Gasteiger partial charge in [0.2, 0.25) is 0 Å². The third-order valence-corrected chi connectivity index (χ3v) is 5.63. The minimum atomic E-state index is 0.784. The Bertz CT molecular complexity index is 649. The van der Waals surface area contributed by atoms with Crippen LogP contribution in [0.2, 0.25) is 5.02 Å². The minimum Gasteiger partial charge on any atom is -0.299 e. The fourth-order valence-electron chi connectivity index (χ4n) is 4.27. The highest BCUT2D eigenvalue weighted by Crippen LogP contribution is 2.41. The van der Waals surface area contributed by atoms with Gasteiger partial charge in [0.25, 0.3) is 0 Å². The summed E-state index contributed by atoms with van der Waals surface area (Å²) in [5, 5.41) is 0.825. The first-order valence-corrected chi connectivity index (χ1v) is 8.72. The molecule has 2 aromatic rings. The van der Waals surface area contributed by atoms with Gasteiger partial charge in [-0.05, 0) is 66.5 Å². The number of hydrogen-bond donors (Lipinski definition) is 0. The van der Waals surface area contributed by atoms with Gasteiger partial charge >= 0.3 is 0 Å². The van der Waals surface area contributed by atoms with Gasteiger partial charge in [0, 0.05) is 18.1 Å². The van der Waals surface area contributed by atoms with Crippen molar-refractivity contribution in [1.82, 2.24) is 4.90 Å². The fraction of sp³-hybridized carbons (Fsp3) is 0.400. The predicted molar refractivity (Wildman–Crippen MR) is 92.3 cm³/mol. The van der Waals surface area contributed by atoms with Crippen molar-refractivity contribution in [1.29, 1.82) is 0 Å². The molecule has 1 nitrogen and oxygen atoms in total. The van der Waals surface area contributed by atoms with Crippen molar-refractivity contribution < 1.29 is 0 Å².